The van der Waals surface area contributed by atoms with Gasteiger partial charge in [-0.05, 0) is 51.1 Å². The van der Waals surface area contributed by atoms with Crippen molar-refractivity contribution in [3.8, 4) is 0 Å². The highest BCUT2D eigenvalue weighted by molar-refractivity contribution is 6.30. The minimum atomic E-state index is -0.585. The number of benzene rings is 1. The van der Waals surface area contributed by atoms with Gasteiger partial charge >= 0.3 is 0 Å². The number of nitrogens with zero attached hydrogens (tertiary/aromatic N) is 2. The van der Waals surface area contributed by atoms with Gasteiger partial charge < -0.3 is 14.9 Å². The third-order valence-corrected chi connectivity index (χ3v) is 5.70. The normalized spacial score (nSPS) is 28.5. The minimum Gasteiger partial charge on any atom is -0.396 e. The molecule has 1 aromatic rings. The molecule has 0 spiro atoms. The van der Waals surface area contributed by atoms with Gasteiger partial charge in [0.25, 0.3) is 5.91 Å². The van der Waals surface area contributed by atoms with Gasteiger partial charge in [-0.2, -0.15) is 0 Å². The van der Waals surface area contributed by atoms with Gasteiger partial charge in [0.15, 0.2) is 0 Å². The fourth-order valence-corrected chi connectivity index (χ4v) is 4.19. The summed E-state index contributed by atoms with van der Waals surface area (Å²) in [5, 5.41) is 10.2. The van der Waals surface area contributed by atoms with Crippen LogP contribution in [0.3, 0.4) is 0 Å². The van der Waals surface area contributed by atoms with E-state index in [0.717, 1.165) is 25.8 Å². The molecule has 0 unspecified atom stereocenters. The number of hydrogen-bond acceptors (Lipinski definition) is 3. The fourth-order valence-electron chi connectivity index (χ4n) is 4.03. The van der Waals surface area contributed by atoms with Gasteiger partial charge in [-0.15, -0.1) is 0 Å². The standard InChI is InChI=1S/C17H22ClFN2O2/c1-20-7-2-5-17(11-22)6-8-21(10-15(17)20)16(23)13-4-3-12(18)9-14(13)19/h3-4,9,15,22H,2,5-8,10-11H2,1H3/t15-,17-/m1/s1. The molecule has 4 nitrogen and oxygen atoms in total. The second-order valence-corrected chi connectivity index (χ2v) is 7.18. The van der Waals surface area contributed by atoms with Crippen LogP contribution in [-0.2, 0) is 0 Å². The van der Waals surface area contributed by atoms with E-state index in [9.17, 15) is 14.3 Å². The smallest absolute Gasteiger partial charge is 0.256 e. The van der Waals surface area contributed by atoms with Gasteiger partial charge in [-0.25, -0.2) is 4.39 Å². The average Bonchev–Trinajstić information content (AvgIpc) is 2.54. The molecule has 0 radical (unpaired) electrons. The molecule has 0 saturated carbocycles. The van der Waals surface area contributed by atoms with Crippen molar-refractivity contribution in [3.63, 3.8) is 0 Å². The predicted molar refractivity (Wildman–Crippen MR) is 87.1 cm³/mol. The van der Waals surface area contributed by atoms with E-state index in [0.29, 0.717) is 13.1 Å². The second kappa shape index (κ2) is 6.38. The van der Waals surface area contributed by atoms with Crippen LogP contribution in [0.4, 0.5) is 4.39 Å². The zero-order valence-corrected chi connectivity index (χ0v) is 14.0. The molecule has 0 bridgehead atoms. The summed E-state index contributed by atoms with van der Waals surface area (Å²) in [6, 6.07) is 4.27. The van der Waals surface area contributed by atoms with E-state index in [1.165, 1.54) is 18.2 Å². The van der Waals surface area contributed by atoms with Gasteiger partial charge in [0, 0.05) is 29.6 Å². The molecule has 1 N–H and O–H groups in total. The first kappa shape index (κ1) is 16.7. The number of rotatable bonds is 2. The SMILES string of the molecule is CN1CCC[C@]2(CO)CCN(C(=O)c3ccc(Cl)cc3F)C[C@@H]12. The van der Waals surface area contributed by atoms with E-state index in [-0.39, 0.29) is 34.6 Å². The summed E-state index contributed by atoms with van der Waals surface area (Å²) in [7, 11) is 2.03. The zero-order chi connectivity index (χ0) is 16.6. The predicted octanol–water partition coefficient (Wildman–Crippen LogP) is 2.40. The van der Waals surface area contributed by atoms with E-state index in [4.69, 9.17) is 11.6 Å². The quantitative estimate of drug-likeness (QED) is 0.899. The van der Waals surface area contributed by atoms with Crippen molar-refractivity contribution in [2.24, 2.45) is 5.41 Å². The van der Waals surface area contributed by atoms with Gasteiger partial charge in [0.05, 0.1) is 12.2 Å². The number of halogens is 2. The van der Waals surface area contributed by atoms with Gasteiger partial charge in [0.1, 0.15) is 5.82 Å². The fraction of sp³-hybridized carbons (Fsp3) is 0.588. The number of piperidine rings is 2. The summed E-state index contributed by atoms with van der Waals surface area (Å²) in [4.78, 5) is 16.6. The van der Waals surface area contributed by atoms with Crippen LogP contribution in [0.25, 0.3) is 0 Å². The topological polar surface area (TPSA) is 43.8 Å². The van der Waals surface area contributed by atoms with Gasteiger partial charge in [0.2, 0.25) is 0 Å². The molecular weight excluding hydrogens is 319 g/mol. The molecule has 3 rings (SSSR count). The highest BCUT2D eigenvalue weighted by Crippen LogP contribution is 2.41. The first-order valence-corrected chi connectivity index (χ1v) is 8.40. The number of hydrogen-bond donors (Lipinski definition) is 1. The average molecular weight is 341 g/mol. The number of amides is 1. The monoisotopic (exact) mass is 340 g/mol. The third kappa shape index (κ3) is 2.97. The van der Waals surface area contributed by atoms with Crippen LogP contribution in [0.1, 0.15) is 29.6 Å². The molecule has 0 aliphatic carbocycles. The number of aliphatic hydroxyl groups excluding tert-OH is 1. The number of aliphatic hydroxyl groups is 1. The molecular formula is C17H22ClFN2O2. The van der Waals surface area contributed by atoms with Gasteiger partial charge in [-0.1, -0.05) is 11.6 Å². The van der Waals surface area contributed by atoms with Crippen LogP contribution in [0.15, 0.2) is 18.2 Å². The Bertz CT molecular complexity index is 612. The van der Waals surface area contributed by atoms with Gasteiger partial charge in [-0.3, -0.25) is 4.79 Å². The molecule has 2 atom stereocenters. The summed E-state index contributed by atoms with van der Waals surface area (Å²) >= 11 is 5.76. The summed E-state index contributed by atoms with van der Waals surface area (Å²) in [5.41, 5.74) is -0.0770. The second-order valence-electron chi connectivity index (χ2n) is 6.75. The lowest BCUT2D eigenvalue weighted by molar-refractivity contribution is -0.0601. The van der Waals surface area contributed by atoms with Crippen molar-refractivity contribution in [2.75, 3.05) is 33.3 Å². The molecule has 2 saturated heterocycles. The Morgan fingerprint density at radius 3 is 2.91 bits per heavy atom. The Kier molecular flexibility index (Phi) is 4.63. The van der Waals surface area contributed by atoms with Crippen molar-refractivity contribution < 1.29 is 14.3 Å². The van der Waals surface area contributed by atoms with E-state index in [2.05, 4.69) is 4.90 Å². The minimum absolute atomic E-state index is 0.0596. The van der Waals surface area contributed by atoms with Crippen LogP contribution in [-0.4, -0.2) is 60.1 Å². The molecule has 0 aromatic heterocycles. The molecule has 126 valence electrons. The number of carbonyl (C=O) groups is 1. The molecule has 2 aliphatic rings. The van der Waals surface area contributed by atoms with E-state index in [1.807, 2.05) is 7.05 Å². The van der Waals surface area contributed by atoms with Crippen molar-refractivity contribution in [1.29, 1.82) is 0 Å². The van der Waals surface area contributed by atoms with Crippen LogP contribution in [0, 0.1) is 11.2 Å². The first-order chi connectivity index (χ1) is 11.0. The van der Waals surface area contributed by atoms with Crippen LogP contribution >= 0.6 is 11.6 Å². The molecule has 2 aliphatic heterocycles. The number of carbonyl (C=O) groups excluding carboxylic acids is 1. The zero-order valence-electron chi connectivity index (χ0n) is 13.3. The maximum Gasteiger partial charge on any atom is 0.256 e. The maximum atomic E-state index is 14.0. The van der Waals surface area contributed by atoms with E-state index < -0.39 is 5.82 Å². The molecule has 2 heterocycles. The Balaban J connectivity index is 1.81. The van der Waals surface area contributed by atoms with E-state index in [1.54, 1.807) is 4.90 Å². The summed E-state index contributed by atoms with van der Waals surface area (Å²) < 4.78 is 14.0. The Morgan fingerprint density at radius 2 is 2.22 bits per heavy atom. The molecule has 2 fully saturated rings. The lowest BCUT2D eigenvalue weighted by Crippen LogP contribution is -2.62. The number of likely N-dealkylation sites (N-methyl/N-ethyl adjacent to an activating group) is 1. The first-order valence-electron chi connectivity index (χ1n) is 8.02. The van der Waals surface area contributed by atoms with Crippen LogP contribution in [0.5, 0.6) is 0 Å². The summed E-state index contributed by atoms with van der Waals surface area (Å²) in [6.45, 7) is 2.17. The third-order valence-electron chi connectivity index (χ3n) is 5.46. The van der Waals surface area contributed by atoms with E-state index >= 15 is 0 Å². The van der Waals surface area contributed by atoms with Crippen molar-refractivity contribution in [3.05, 3.63) is 34.6 Å². The largest absolute Gasteiger partial charge is 0.396 e. The Labute approximate surface area is 140 Å². The Hall–Kier alpha value is -1.17. The van der Waals surface area contributed by atoms with Crippen LogP contribution in [0.2, 0.25) is 5.02 Å². The highest BCUT2D eigenvalue weighted by atomic mass is 35.5. The van der Waals surface area contributed by atoms with Crippen molar-refractivity contribution in [1.82, 2.24) is 9.80 Å². The van der Waals surface area contributed by atoms with Crippen molar-refractivity contribution >= 4 is 17.5 Å². The summed E-state index contributed by atoms with van der Waals surface area (Å²) in [5.74, 6) is -0.886. The molecule has 1 amide bonds. The molecule has 23 heavy (non-hydrogen) atoms. The number of likely N-dealkylation sites (tertiary alicyclic amines) is 2. The summed E-state index contributed by atoms with van der Waals surface area (Å²) in [6.07, 6.45) is 2.79. The lowest BCUT2D eigenvalue weighted by Gasteiger charge is -2.53. The lowest BCUT2D eigenvalue weighted by atomic mass is 9.69. The van der Waals surface area contributed by atoms with Crippen LogP contribution < -0.4 is 0 Å². The maximum absolute atomic E-state index is 14.0. The molecule has 6 heteroatoms. The Morgan fingerprint density at radius 1 is 1.43 bits per heavy atom. The van der Waals surface area contributed by atoms with Crippen molar-refractivity contribution in [2.45, 2.75) is 25.3 Å². The highest BCUT2D eigenvalue weighted by Gasteiger charge is 2.47. The number of fused-ring (bicyclic) bond motifs is 1. The molecule has 1 aromatic carbocycles.